The van der Waals surface area contributed by atoms with Gasteiger partial charge in [0.05, 0.1) is 0 Å². The molecule has 2 rings (SSSR count). The van der Waals surface area contributed by atoms with Gasteiger partial charge in [-0.2, -0.15) is 0 Å². The molecule has 0 radical (unpaired) electrons. The van der Waals surface area contributed by atoms with Crippen molar-refractivity contribution in [2.75, 3.05) is 18.5 Å². The third kappa shape index (κ3) is 3.76. The van der Waals surface area contributed by atoms with E-state index in [0.717, 1.165) is 18.4 Å². The summed E-state index contributed by atoms with van der Waals surface area (Å²) < 4.78 is 0. The molecule has 0 saturated heterocycles. The van der Waals surface area contributed by atoms with Crippen molar-refractivity contribution in [3.8, 4) is 0 Å². The molecule has 1 saturated carbocycles. The van der Waals surface area contributed by atoms with Crippen molar-refractivity contribution in [3.63, 3.8) is 0 Å². The summed E-state index contributed by atoms with van der Waals surface area (Å²) in [5, 5.41) is 0. The van der Waals surface area contributed by atoms with Crippen LogP contribution in [-0.2, 0) is 0 Å². The molecule has 112 valence electrons. The lowest BCUT2D eigenvalue weighted by Gasteiger charge is -2.38. The minimum absolute atomic E-state index is 0.373. The number of hydrogen-bond acceptors (Lipinski definition) is 2. The molecular weight excluding hydrogens is 244 g/mol. The SMILES string of the molecule is Cc1ccc(N(C)CC2CC(C(C)C)CCC2N)cc1. The fourth-order valence-electron chi connectivity index (χ4n) is 3.40. The molecule has 1 fully saturated rings. The van der Waals surface area contributed by atoms with E-state index in [2.05, 4.69) is 57.0 Å². The fourth-order valence-corrected chi connectivity index (χ4v) is 3.40. The first-order chi connectivity index (χ1) is 9.47. The summed E-state index contributed by atoms with van der Waals surface area (Å²) in [7, 11) is 2.19. The quantitative estimate of drug-likeness (QED) is 0.904. The van der Waals surface area contributed by atoms with E-state index >= 15 is 0 Å². The average Bonchev–Trinajstić information content (AvgIpc) is 2.41. The van der Waals surface area contributed by atoms with Gasteiger partial charge in [-0.1, -0.05) is 31.5 Å². The summed E-state index contributed by atoms with van der Waals surface area (Å²) in [5.41, 5.74) is 8.98. The molecule has 1 aromatic rings. The Bertz CT molecular complexity index is 410. The fraction of sp³-hybridized carbons (Fsp3) is 0.667. The predicted molar refractivity (Wildman–Crippen MR) is 88.1 cm³/mol. The molecule has 3 unspecified atom stereocenters. The maximum absolute atomic E-state index is 6.37. The van der Waals surface area contributed by atoms with Crippen LogP contribution < -0.4 is 10.6 Å². The molecule has 0 heterocycles. The number of rotatable bonds is 4. The first kappa shape index (κ1) is 15.4. The summed E-state index contributed by atoms with van der Waals surface area (Å²) in [4.78, 5) is 2.37. The van der Waals surface area contributed by atoms with Crippen molar-refractivity contribution in [2.24, 2.45) is 23.5 Å². The molecule has 0 spiro atoms. The van der Waals surface area contributed by atoms with E-state index in [-0.39, 0.29) is 0 Å². The van der Waals surface area contributed by atoms with Gasteiger partial charge in [-0.25, -0.2) is 0 Å². The molecule has 1 aromatic carbocycles. The zero-order chi connectivity index (χ0) is 14.7. The van der Waals surface area contributed by atoms with Gasteiger partial charge in [-0.3, -0.25) is 0 Å². The summed E-state index contributed by atoms with van der Waals surface area (Å²) in [6.07, 6.45) is 3.79. The molecule has 0 aliphatic heterocycles. The van der Waals surface area contributed by atoms with Crippen molar-refractivity contribution in [1.82, 2.24) is 0 Å². The Morgan fingerprint density at radius 3 is 2.45 bits per heavy atom. The zero-order valence-corrected chi connectivity index (χ0v) is 13.5. The van der Waals surface area contributed by atoms with Crippen LogP contribution in [0.15, 0.2) is 24.3 Å². The van der Waals surface area contributed by atoms with Crippen LogP contribution in [0.25, 0.3) is 0 Å². The Labute approximate surface area is 124 Å². The van der Waals surface area contributed by atoms with E-state index in [1.165, 1.54) is 30.5 Å². The maximum atomic E-state index is 6.37. The standard InChI is InChI=1S/C18H30N2/c1-13(2)15-7-10-18(19)16(11-15)12-20(4)17-8-5-14(3)6-9-17/h5-6,8-9,13,15-16,18H,7,10-12,19H2,1-4H3. The first-order valence-electron chi connectivity index (χ1n) is 8.00. The molecule has 2 nitrogen and oxygen atoms in total. The highest BCUT2D eigenvalue weighted by molar-refractivity contribution is 5.46. The van der Waals surface area contributed by atoms with Gasteiger partial charge in [-0.05, 0) is 56.1 Å². The minimum atomic E-state index is 0.373. The summed E-state index contributed by atoms with van der Waals surface area (Å²) >= 11 is 0. The molecule has 0 aromatic heterocycles. The lowest BCUT2D eigenvalue weighted by molar-refractivity contribution is 0.193. The Kier molecular flexibility index (Phi) is 5.09. The van der Waals surface area contributed by atoms with E-state index in [1.54, 1.807) is 0 Å². The maximum Gasteiger partial charge on any atom is 0.0363 e. The van der Waals surface area contributed by atoms with Crippen molar-refractivity contribution >= 4 is 5.69 Å². The van der Waals surface area contributed by atoms with Gasteiger partial charge in [0.1, 0.15) is 0 Å². The smallest absolute Gasteiger partial charge is 0.0363 e. The summed E-state index contributed by atoms with van der Waals surface area (Å²) in [5.74, 6) is 2.27. The third-order valence-corrected chi connectivity index (χ3v) is 5.01. The van der Waals surface area contributed by atoms with Crippen LogP contribution in [0.3, 0.4) is 0 Å². The van der Waals surface area contributed by atoms with Crippen LogP contribution in [0.1, 0.15) is 38.7 Å². The molecule has 1 aliphatic rings. The number of nitrogens with zero attached hydrogens (tertiary/aromatic N) is 1. The second-order valence-corrected chi connectivity index (χ2v) is 6.96. The van der Waals surface area contributed by atoms with Gasteiger partial charge in [0.25, 0.3) is 0 Å². The molecule has 2 heteroatoms. The molecule has 20 heavy (non-hydrogen) atoms. The lowest BCUT2D eigenvalue weighted by atomic mass is 9.74. The highest BCUT2D eigenvalue weighted by Crippen LogP contribution is 2.34. The second-order valence-electron chi connectivity index (χ2n) is 6.96. The summed E-state index contributed by atoms with van der Waals surface area (Å²) in [6.45, 7) is 7.91. The highest BCUT2D eigenvalue weighted by atomic mass is 15.1. The Balaban J connectivity index is 1.98. The van der Waals surface area contributed by atoms with Crippen molar-refractivity contribution in [1.29, 1.82) is 0 Å². The van der Waals surface area contributed by atoms with Crippen LogP contribution in [0.2, 0.25) is 0 Å². The van der Waals surface area contributed by atoms with Gasteiger partial charge in [0.2, 0.25) is 0 Å². The van der Waals surface area contributed by atoms with Crippen molar-refractivity contribution in [2.45, 2.75) is 46.1 Å². The Morgan fingerprint density at radius 1 is 1.20 bits per heavy atom. The number of aryl methyl sites for hydroxylation is 1. The minimum Gasteiger partial charge on any atom is -0.374 e. The lowest BCUT2D eigenvalue weighted by Crippen LogP contribution is -2.43. The van der Waals surface area contributed by atoms with Crippen LogP contribution in [0.4, 0.5) is 5.69 Å². The van der Waals surface area contributed by atoms with Gasteiger partial charge >= 0.3 is 0 Å². The molecular formula is C18H30N2. The number of benzene rings is 1. The van der Waals surface area contributed by atoms with E-state index in [1.807, 2.05) is 0 Å². The zero-order valence-electron chi connectivity index (χ0n) is 13.5. The van der Waals surface area contributed by atoms with E-state index in [0.29, 0.717) is 12.0 Å². The summed E-state index contributed by atoms with van der Waals surface area (Å²) in [6, 6.07) is 9.17. The van der Waals surface area contributed by atoms with Crippen LogP contribution in [-0.4, -0.2) is 19.6 Å². The average molecular weight is 274 g/mol. The van der Waals surface area contributed by atoms with E-state index in [4.69, 9.17) is 5.73 Å². The van der Waals surface area contributed by atoms with Gasteiger partial charge < -0.3 is 10.6 Å². The number of nitrogens with two attached hydrogens (primary N) is 1. The third-order valence-electron chi connectivity index (χ3n) is 5.01. The van der Waals surface area contributed by atoms with Gasteiger partial charge in [0.15, 0.2) is 0 Å². The first-order valence-corrected chi connectivity index (χ1v) is 8.00. The Hall–Kier alpha value is -1.02. The van der Waals surface area contributed by atoms with Crippen LogP contribution in [0.5, 0.6) is 0 Å². The largest absolute Gasteiger partial charge is 0.374 e. The van der Waals surface area contributed by atoms with Crippen molar-refractivity contribution < 1.29 is 0 Å². The van der Waals surface area contributed by atoms with E-state index in [9.17, 15) is 0 Å². The molecule has 3 atom stereocenters. The normalized spacial score (nSPS) is 26.8. The topological polar surface area (TPSA) is 29.3 Å². The predicted octanol–water partition coefficient (Wildman–Crippen LogP) is 3.83. The molecule has 1 aliphatic carbocycles. The molecule has 0 amide bonds. The van der Waals surface area contributed by atoms with E-state index < -0.39 is 0 Å². The second kappa shape index (κ2) is 6.62. The van der Waals surface area contributed by atoms with Gasteiger partial charge in [-0.15, -0.1) is 0 Å². The van der Waals surface area contributed by atoms with Crippen molar-refractivity contribution in [3.05, 3.63) is 29.8 Å². The molecule has 0 bridgehead atoms. The highest BCUT2D eigenvalue weighted by Gasteiger charge is 2.30. The number of hydrogen-bond donors (Lipinski definition) is 1. The Morgan fingerprint density at radius 2 is 1.85 bits per heavy atom. The molecule has 2 N–H and O–H groups in total. The monoisotopic (exact) mass is 274 g/mol. The van der Waals surface area contributed by atoms with Gasteiger partial charge in [0, 0.05) is 25.3 Å². The van der Waals surface area contributed by atoms with Crippen LogP contribution >= 0.6 is 0 Å². The number of anilines is 1. The van der Waals surface area contributed by atoms with Crippen LogP contribution in [0, 0.1) is 24.7 Å².